The van der Waals surface area contributed by atoms with Crippen LogP contribution in [-0.2, 0) is 0 Å². The number of aromatic amines is 1. The van der Waals surface area contributed by atoms with Crippen molar-refractivity contribution in [3.63, 3.8) is 0 Å². The highest BCUT2D eigenvalue weighted by Gasteiger charge is 2.09. The lowest BCUT2D eigenvalue weighted by atomic mass is 10.2. The molecule has 1 aromatic heterocycles. The van der Waals surface area contributed by atoms with E-state index in [1.807, 2.05) is 0 Å². The smallest absolute Gasteiger partial charge is 0.182 e. The zero-order chi connectivity index (χ0) is 13.6. The summed E-state index contributed by atoms with van der Waals surface area (Å²) in [7, 11) is 0. The summed E-state index contributed by atoms with van der Waals surface area (Å²) in [6.45, 7) is 0. The van der Waals surface area contributed by atoms with E-state index in [0.29, 0.717) is 20.4 Å². The van der Waals surface area contributed by atoms with Gasteiger partial charge in [-0.25, -0.2) is 8.78 Å². The van der Waals surface area contributed by atoms with Crippen LogP contribution < -0.4 is 0 Å². The SMILES string of the molecule is Fc1ccc2c(c1)[nH]c(=S)n2-c1ccc(F)c(Br)c1. The van der Waals surface area contributed by atoms with Crippen molar-refractivity contribution >= 4 is 39.2 Å². The molecule has 0 unspecified atom stereocenters. The summed E-state index contributed by atoms with van der Waals surface area (Å²) in [6.07, 6.45) is 0. The van der Waals surface area contributed by atoms with Crippen molar-refractivity contribution in [2.24, 2.45) is 0 Å². The van der Waals surface area contributed by atoms with E-state index in [0.717, 1.165) is 5.52 Å². The Labute approximate surface area is 120 Å². The van der Waals surface area contributed by atoms with Crippen LogP contribution in [0.5, 0.6) is 0 Å². The fourth-order valence-corrected chi connectivity index (χ4v) is 2.64. The zero-order valence-corrected chi connectivity index (χ0v) is 11.9. The van der Waals surface area contributed by atoms with Crippen molar-refractivity contribution in [2.75, 3.05) is 0 Å². The predicted octanol–water partition coefficient (Wildman–Crippen LogP) is 4.73. The number of benzene rings is 2. The van der Waals surface area contributed by atoms with Crippen molar-refractivity contribution in [1.82, 2.24) is 9.55 Å². The molecule has 1 N–H and O–H groups in total. The van der Waals surface area contributed by atoms with E-state index in [1.165, 1.54) is 18.2 Å². The van der Waals surface area contributed by atoms with Gasteiger partial charge in [0.25, 0.3) is 0 Å². The van der Waals surface area contributed by atoms with Gasteiger partial charge < -0.3 is 4.98 Å². The Morgan fingerprint density at radius 2 is 1.89 bits per heavy atom. The van der Waals surface area contributed by atoms with E-state index in [1.54, 1.807) is 22.8 Å². The molecule has 6 heteroatoms. The molecular weight excluding hydrogens is 334 g/mol. The molecule has 3 aromatic rings. The van der Waals surface area contributed by atoms with E-state index >= 15 is 0 Å². The maximum absolute atomic E-state index is 13.3. The first-order valence-corrected chi connectivity index (χ1v) is 6.62. The summed E-state index contributed by atoms with van der Waals surface area (Å²) in [4.78, 5) is 2.93. The number of nitrogens with one attached hydrogen (secondary N) is 1. The molecule has 0 saturated carbocycles. The Bertz CT molecular complexity index is 838. The highest BCUT2D eigenvalue weighted by atomic mass is 79.9. The molecule has 0 atom stereocenters. The number of fused-ring (bicyclic) bond motifs is 1. The number of imidazole rings is 1. The Morgan fingerprint density at radius 3 is 2.63 bits per heavy atom. The van der Waals surface area contributed by atoms with Crippen LogP contribution in [0.1, 0.15) is 0 Å². The quantitative estimate of drug-likeness (QED) is 0.635. The molecule has 3 rings (SSSR count). The van der Waals surface area contributed by atoms with Crippen LogP contribution in [0.4, 0.5) is 8.78 Å². The molecule has 0 aliphatic rings. The monoisotopic (exact) mass is 340 g/mol. The summed E-state index contributed by atoms with van der Waals surface area (Å²) in [6, 6.07) is 8.96. The number of hydrogen-bond acceptors (Lipinski definition) is 1. The van der Waals surface area contributed by atoms with Gasteiger partial charge in [0.2, 0.25) is 0 Å². The first-order valence-electron chi connectivity index (χ1n) is 5.42. The maximum Gasteiger partial charge on any atom is 0.182 e. The third kappa shape index (κ3) is 2.11. The van der Waals surface area contributed by atoms with E-state index in [9.17, 15) is 8.78 Å². The molecule has 19 heavy (non-hydrogen) atoms. The van der Waals surface area contributed by atoms with Crippen molar-refractivity contribution in [1.29, 1.82) is 0 Å². The second-order valence-electron chi connectivity index (χ2n) is 4.03. The van der Waals surface area contributed by atoms with E-state index in [2.05, 4.69) is 20.9 Å². The molecule has 2 aromatic carbocycles. The van der Waals surface area contributed by atoms with Crippen LogP contribution in [0.15, 0.2) is 40.9 Å². The van der Waals surface area contributed by atoms with Crippen molar-refractivity contribution in [3.05, 3.63) is 57.3 Å². The molecule has 0 aliphatic carbocycles. The molecule has 1 heterocycles. The number of hydrogen-bond donors (Lipinski definition) is 1. The van der Waals surface area contributed by atoms with Crippen LogP contribution in [0.3, 0.4) is 0 Å². The average Bonchev–Trinajstić information content (AvgIpc) is 2.68. The largest absolute Gasteiger partial charge is 0.330 e. The minimum absolute atomic E-state index is 0.337. The number of aromatic nitrogens is 2. The van der Waals surface area contributed by atoms with Gasteiger partial charge in [0, 0.05) is 5.69 Å². The van der Waals surface area contributed by atoms with Gasteiger partial charge in [0.15, 0.2) is 4.77 Å². The maximum atomic E-state index is 13.3. The average molecular weight is 341 g/mol. The number of rotatable bonds is 1. The predicted molar refractivity (Wildman–Crippen MR) is 76.1 cm³/mol. The second-order valence-corrected chi connectivity index (χ2v) is 5.27. The minimum atomic E-state index is -0.346. The molecule has 96 valence electrons. The van der Waals surface area contributed by atoms with Crippen molar-refractivity contribution in [2.45, 2.75) is 0 Å². The summed E-state index contributed by atoms with van der Waals surface area (Å²) in [5.41, 5.74) is 2.05. The third-order valence-electron chi connectivity index (χ3n) is 2.81. The van der Waals surface area contributed by atoms with E-state index in [4.69, 9.17) is 12.2 Å². The lowest BCUT2D eigenvalue weighted by Crippen LogP contribution is -1.94. The Kier molecular flexibility index (Phi) is 2.99. The summed E-state index contributed by atoms with van der Waals surface area (Å²) in [5, 5.41) is 0. The van der Waals surface area contributed by atoms with Crippen LogP contribution in [0.25, 0.3) is 16.7 Å². The summed E-state index contributed by atoms with van der Waals surface area (Å²) in [5.74, 6) is -0.683. The molecule has 0 spiro atoms. The first-order chi connectivity index (χ1) is 9.06. The molecular formula is C13H7BrF2N2S. The minimum Gasteiger partial charge on any atom is -0.330 e. The van der Waals surface area contributed by atoms with Crippen molar-refractivity contribution in [3.8, 4) is 5.69 Å². The molecule has 0 aliphatic heterocycles. The number of H-pyrrole nitrogens is 1. The van der Waals surface area contributed by atoms with Crippen LogP contribution in [0.2, 0.25) is 0 Å². The van der Waals surface area contributed by atoms with E-state index < -0.39 is 0 Å². The van der Waals surface area contributed by atoms with Gasteiger partial charge in [0.05, 0.1) is 15.5 Å². The van der Waals surface area contributed by atoms with Gasteiger partial charge >= 0.3 is 0 Å². The Balaban J connectivity index is 2.32. The zero-order valence-electron chi connectivity index (χ0n) is 9.45. The number of halogens is 3. The molecule has 0 saturated heterocycles. The van der Waals surface area contributed by atoms with Gasteiger partial charge in [-0.1, -0.05) is 0 Å². The normalized spacial score (nSPS) is 11.1. The topological polar surface area (TPSA) is 20.7 Å². The summed E-state index contributed by atoms with van der Waals surface area (Å²) >= 11 is 8.37. The fourth-order valence-electron chi connectivity index (χ4n) is 1.96. The highest BCUT2D eigenvalue weighted by Crippen LogP contribution is 2.24. The van der Waals surface area contributed by atoms with Gasteiger partial charge in [-0.2, -0.15) is 0 Å². The molecule has 0 amide bonds. The van der Waals surface area contributed by atoms with Crippen molar-refractivity contribution < 1.29 is 8.78 Å². The lowest BCUT2D eigenvalue weighted by molar-refractivity contribution is 0.620. The van der Waals surface area contributed by atoms with Gasteiger partial charge in [-0.3, -0.25) is 4.57 Å². The molecule has 0 fully saturated rings. The van der Waals surface area contributed by atoms with E-state index in [-0.39, 0.29) is 11.6 Å². The highest BCUT2D eigenvalue weighted by molar-refractivity contribution is 9.10. The van der Waals surface area contributed by atoms with Crippen LogP contribution >= 0.6 is 28.1 Å². The van der Waals surface area contributed by atoms with Gasteiger partial charge in [-0.15, -0.1) is 0 Å². The third-order valence-corrected chi connectivity index (χ3v) is 3.70. The second kappa shape index (κ2) is 4.54. The van der Waals surface area contributed by atoms with Gasteiger partial charge in [-0.05, 0) is 64.5 Å². The summed E-state index contributed by atoms with van der Waals surface area (Å²) < 4.78 is 29.0. The van der Waals surface area contributed by atoms with Crippen LogP contribution in [-0.4, -0.2) is 9.55 Å². The Morgan fingerprint density at radius 1 is 1.11 bits per heavy atom. The lowest BCUT2D eigenvalue weighted by Gasteiger charge is -2.05. The Hall–Kier alpha value is -1.53. The molecule has 0 radical (unpaired) electrons. The first kappa shape index (κ1) is 12.5. The van der Waals surface area contributed by atoms with Crippen LogP contribution in [0, 0.1) is 16.4 Å². The molecule has 0 bridgehead atoms. The fraction of sp³-hybridized carbons (Fsp3) is 0. The molecule has 2 nitrogen and oxygen atoms in total. The standard InChI is InChI=1S/C13H7BrF2N2S/c14-9-6-8(2-3-10(9)16)18-12-4-1-7(15)5-11(12)17-13(18)19/h1-6H,(H,17,19). The van der Waals surface area contributed by atoms with Gasteiger partial charge in [0.1, 0.15) is 11.6 Å². The number of nitrogens with zero attached hydrogens (tertiary/aromatic N) is 1.